The van der Waals surface area contributed by atoms with Crippen LogP contribution in [0.5, 0.6) is 0 Å². The van der Waals surface area contributed by atoms with E-state index in [9.17, 15) is 4.79 Å². The van der Waals surface area contributed by atoms with Gasteiger partial charge in [0.1, 0.15) is 5.56 Å². The van der Waals surface area contributed by atoms with Crippen LogP contribution in [0.2, 0.25) is 0 Å². The first-order valence-corrected chi connectivity index (χ1v) is 5.63. The maximum absolute atomic E-state index is 10.9. The van der Waals surface area contributed by atoms with Crippen molar-refractivity contribution in [2.75, 3.05) is 13.1 Å². The lowest BCUT2D eigenvalue weighted by atomic mass is 10.1. The third kappa shape index (κ3) is 2.09. The SMILES string of the molecule is CCN1CCCC1Cc1oncc1C(=O)O. The maximum atomic E-state index is 10.9. The van der Waals surface area contributed by atoms with Gasteiger partial charge in [-0.3, -0.25) is 0 Å². The van der Waals surface area contributed by atoms with Crippen LogP contribution in [0.4, 0.5) is 0 Å². The standard InChI is InChI=1S/C11H16N2O3/c1-2-13-5-3-4-8(13)6-10-9(11(14)15)7-12-16-10/h7-8H,2-6H2,1H3,(H,14,15). The lowest BCUT2D eigenvalue weighted by Gasteiger charge is -2.21. The topological polar surface area (TPSA) is 66.6 Å². The monoisotopic (exact) mass is 224 g/mol. The molecule has 2 rings (SSSR count). The Morgan fingerprint density at radius 1 is 1.75 bits per heavy atom. The van der Waals surface area contributed by atoms with Gasteiger partial charge < -0.3 is 14.5 Å². The molecule has 0 aromatic carbocycles. The van der Waals surface area contributed by atoms with Crippen LogP contribution in [0.25, 0.3) is 0 Å². The highest BCUT2D eigenvalue weighted by Crippen LogP contribution is 2.22. The van der Waals surface area contributed by atoms with Gasteiger partial charge in [0.25, 0.3) is 0 Å². The Labute approximate surface area is 94.0 Å². The number of rotatable bonds is 4. The first-order chi connectivity index (χ1) is 7.72. The van der Waals surface area contributed by atoms with Crippen LogP contribution in [-0.2, 0) is 6.42 Å². The second kappa shape index (κ2) is 4.65. The van der Waals surface area contributed by atoms with Crippen molar-refractivity contribution in [3.63, 3.8) is 0 Å². The van der Waals surface area contributed by atoms with Crippen molar-refractivity contribution in [2.45, 2.75) is 32.2 Å². The number of likely N-dealkylation sites (N-methyl/N-ethyl adjacent to an activating group) is 1. The highest BCUT2D eigenvalue weighted by molar-refractivity contribution is 5.88. The smallest absolute Gasteiger partial charge is 0.340 e. The summed E-state index contributed by atoms with van der Waals surface area (Å²) in [4.78, 5) is 13.2. The summed E-state index contributed by atoms with van der Waals surface area (Å²) in [6, 6.07) is 0.399. The lowest BCUT2D eigenvalue weighted by molar-refractivity contribution is 0.0693. The molecule has 0 spiro atoms. The average molecular weight is 224 g/mol. The van der Waals surface area contributed by atoms with Crippen LogP contribution in [0.3, 0.4) is 0 Å². The third-order valence-electron chi connectivity index (χ3n) is 3.20. The van der Waals surface area contributed by atoms with Crippen molar-refractivity contribution in [3.8, 4) is 0 Å². The van der Waals surface area contributed by atoms with E-state index < -0.39 is 5.97 Å². The molecule has 1 atom stereocenters. The summed E-state index contributed by atoms with van der Waals surface area (Å²) in [5.74, 6) is -0.463. The van der Waals surface area contributed by atoms with Gasteiger partial charge in [-0.2, -0.15) is 0 Å². The highest BCUT2D eigenvalue weighted by atomic mass is 16.5. The highest BCUT2D eigenvalue weighted by Gasteiger charge is 2.26. The molecule has 1 aliphatic rings. The van der Waals surface area contributed by atoms with Gasteiger partial charge in [0.05, 0.1) is 6.20 Å². The molecule has 0 bridgehead atoms. The van der Waals surface area contributed by atoms with E-state index in [4.69, 9.17) is 9.63 Å². The summed E-state index contributed by atoms with van der Waals surface area (Å²) in [5.41, 5.74) is 0.197. The number of aromatic nitrogens is 1. The quantitative estimate of drug-likeness (QED) is 0.837. The minimum absolute atomic E-state index is 0.197. The molecular formula is C11H16N2O3. The Morgan fingerprint density at radius 3 is 3.25 bits per heavy atom. The molecule has 0 amide bonds. The van der Waals surface area contributed by atoms with Gasteiger partial charge in [0, 0.05) is 12.5 Å². The largest absolute Gasteiger partial charge is 0.478 e. The molecule has 5 heteroatoms. The van der Waals surface area contributed by atoms with E-state index in [1.807, 2.05) is 0 Å². The Balaban J connectivity index is 2.08. The Kier molecular flexibility index (Phi) is 3.24. The van der Waals surface area contributed by atoms with E-state index in [1.54, 1.807) is 0 Å². The van der Waals surface area contributed by atoms with E-state index >= 15 is 0 Å². The number of nitrogens with zero attached hydrogens (tertiary/aromatic N) is 2. The molecule has 0 radical (unpaired) electrons. The van der Waals surface area contributed by atoms with E-state index in [2.05, 4.69) is 17.0 Å². The predicted molar refractivity (Wildman–Crippen MR) is 57.4 cm³/mol. The van der Waals surface area contributed by atoms with Crippen LogP contribution in [0.1, 0.15) is 35.9 Å². The molecule has 1 saturated heterocycles. The van der Waals surface area contributed by atoms with Crippen molar-refractivity contribution < 1.29 is 14.4 Å². The zero-order chi connectivity index (χ0) is 11.5. The Bertz CT molecular complexity index is 375. The van der Waals surface area contributed by atoms with Crippen LogP contribution < -0.4 is 0 Å². The van der Waals surface area contributed by atoms with Crippen molar-refractivity contribution >= 4 is 5.97 Å². The minimum Gasteiger partial charge on any atom is -0.478 e. The van der Waals surface area contributed by atoms with Crippen molar-refractivity contribution in [1.29, 1.82) is 0 Å². The van der Waals surface area contributed by atoms with Crippen LogP contribution in [0.15, 0.2) is 10.7 Å². The number of likely N-dealkylation sites (tertiary alicyclic amines) is 1. The fourth-order valence-electron chi connectivity index (χ4n) is 2.34. The van der Waals surface area contributed by atoms with Crippen molar-refractivity contribution in [1.82, 2.24) is 10.1 Å². The lowest BCUT2D eigenvalue weighted by Crippen LogP contribution is -2.31. The van der Waals surface area contributed by atoms with E-state index in [0.29, 0.717) is 18.2 Å². The number of carbonyl (C=O) groups is 1. The summed E-state index contributed by atoms with van der Waals surface area (Å²) in [6.07, 6.45) is 4.21. The van der Waals surface area contributed by atoms with Gasteiger partial charge in [0.15, 0.2) is 5.76 Å². The fraction of sp³-hybridized carbons (Fsp3) is 0.636. The van der Waals surface area contributed by atoms with Crippen LogP contribution in [0, 0.1) is 0 Å². The molecule has 88 valence electrons. The second-order valence-corrected chi connectivity index (χ2v) is 4.10. The molecule has 0 aliphatic carbocycles. The van der Waals surface area contributed by atoms with E-state index in [0.717, 1.165) is 19.5 Å². The van der Waals surface area contributed by atoms with Gasteiger partial charge in [-0.05, 0) is 25.9 Å². The number of carboxylic acids is 1. The summed E-state index contributed by atoms with van der Waals surface area (Å²) < 4.78 is 5.02. The molecule has 1 unspecified atom stereocenters. The normalized spacial score (nSPS) is 21.4. The second-order valence-electron chi connectivity index (χ2n) is 4.10. The van der Waals surface area contributed by atoms with Gasteiger partial charge in [-0.1, -0.05) is 12.1 Å². The fourth-order valence-corrected chi connectivity index (χ4v) is 2.34. The summed E-state index contributed by atoms with van der Waals surface area (Å²) in [6.45, 7) is 4.22. The molecular weight excluding hydrogens is 208 g/mol. The molecule has 1 N–H and O–H groups in total. The molecule has 0 saturated carbocycles. The van der Waals surface area contributed by atoms with Crippen molar-refractivity contribution in [3.05, 3.63) is 17.5 Å². The van der Waals surface area contributed by atoms with Gasteiger partial charge >= 0.3 is 5.97 Å². The molecule has 1 aromatic rings. The van der Waals surface area contributed by atoms with Crippen LogP contribution >= 0.6 is 0 Å². The predicted octanol–water partition coefficient (Wildman–Crippen LogP) is 1.40. The molecule has 5 nitrogen and oxygen atoms in total. The third-order valence-corrected chi connectivity index (χ3v) is 3.20. The molecule has 1 aliphatic heterocycles. The van der Waals surface area contributed by atoms with Gasteiger partial charge in [-0.25, -0.2) is 4.79 Å². The van der Waals surface area contributed by atoms with Crippen molar-refractivity contribution in [2.24, 2.45) is 0 Å². The minimum atomic E-state index is -0.961. The number of hydrogen-bond donors (Lipinski definition) is 1. The number of carboxylic acid groups (broad SMARTS) is 1. The first-order valence-electron chi connectivity index (χ1n) is 5.63. The molecule has 16 heavy (non-hydrogen) atoms. The van der Waals surface area contributed by atoms with E-state index in [1.165, 1.54) is 12.6 Å². The maximum Gasteiger partial charge on any atom is 0.340 e. The number of hydrogen-bond acceptors (Lipinski definition) is 4. The molecule has 2 heterocycles. The average Bonchev–Trinajstić information content (AvgIpc) is 2.86. The Hall–Kier alpha value is -1.36. The zero-order valence-electron chi connectivity index (χ0n) is 9.35. The van der Waals surface area contributed by atoms with E-state index in [-0.39, 0.29) is 5.56 Å². The first kappa shape index (κ1) is 11.1. The summed E-state index contributed by atoms with van der Waals surface area (Å²) in [7, 11) is 0. The molecule has 1 fully saturated rings. The van der Waals surface area contributed by atoms with Crippen LogP contribution in [-0.4, -0.2) is 40.3 Å². The summed E-state index contributed by atoms with van der Waals surface area (Å²) >= 11 is 0. The summed E-state index contributed by atoms with van der Waals surface area (Å²) in [5, 5.41) is 12.5. The zero-order valence-corrected chi connectivity index (χ0v) is 9.35. The Morgan fingerprint density at radius 2 is 2.56 bits per heavy atom. The number of aromatic carboxylic acids is 1. The molecule has 1 aromatic heterocycles. The van der Waals surface area contributed by atoms with Gasteiger partial charge in [-0.15, -0.1) is 0 Å². The van der Waals surface area contributed by atoms with Gasteiger partial charge in [0.2, 0.25) is 0 Å².